The molecule has 3 rings (SSSR count). The molecule has 2 heterocycles. The van der Waals surface area contributed by atoms with Crippen molar-refractivity contribution in [2.75, 3.05) is 5.32 Å². The molecule has 2 N–H and O–H groups in total. The van der Waals surface area contributed by atoms with Gasteiger partial charge in [-0.1, -0.05) is 41.9 Å². The van der Waals surface area contributed by atoms with Gasteiger partial charge in [0.25, 0.3) is 0 Å². The lowest BCUT2D eigenvalue weighted by molar-refractivity contribution is -0.120. The number of anilines is 1. The highest BCUT2D eigenvalue weighted by atomic mass is 35.5. The predicted molar refractivity (Wildman–Crippen MR) is 107 cm³/mol. The number of benzene rings is 1. The third kappa shape index (κ3) is 4.12. The first-order valence-electron chi connectivity index (χ1n) is 8.71. The number of fused-ring (bicyclic) bond motifs is 1. The molecule has 0 spiro atoms. The molecule has 0 saturated carbocycles. The fourth-order valence-electron chi connectivity index (χ4n) is 3.03. The average Bonchev–Trinajstić information content (AvgIpc) is 2.92. The summed E-state index contributed by atoms with van der Waals surface area (Å²) in [6.45, 7) is 7.60. The van der Waals surface area contributed by atoms with Gasteiger partial charge in [0.2, 0.25) is 11.9 Å². The Kier molecular flexibility index (Phi) is 4.97. The highest BCUT2D eigenvalue weighted by Crippen LogP contribution is 2.29. The standard InChI is InChI=1S/C20H23ClN4O2/c1-19(2,3)25-17-14(10-11-15(21)23-17)22-18(25)24-16(26)12-20(4,27)13-8-6-5-7-9-13/h5-11,27H,12H2,1-4H3,(H,22,24,26)/t20-/m0/s1. The highest BCUT2D eigenvalue weighted by Gasteiger charge is 2.29. The van der Waals surface area contributed by atoms with Crippen molar-refractivity contribution in [3.8, 4) is 0 Å². The Morgan fingerprint density at radius 3 is 2.41 bits per heavy atom. The molecule has 27 heavy (non-hydrogen) atoms. The first-order chi connectivity index (χ1) is 12.6. The van der Waals surface area contributed by atoms with Gasteiger partial charge >= 0.3 is 0 Å². The highest BCUT2D eigenvalue weighted by molar-refractivity contribution is 6.29. The molecular formula is C20H23ClN4O2. The van der Waals surface area contributed by atoms with Gasteiger partial charge in [-0.25, -0.2) is 9.97 Å². The summed E-state index contributed by atoms with van der Waals surface area (Å²) in [6.07, 6.45) is -0.0987. The van der Waals surface area contributed by atoms with Crippen molar-refractivity contribution in [2.45, 2.75) is 45.3 Å². The van der Waals surface area contributed by atoms with E-state index in [0.29, 0.717) is 27.8 Å². The number of imidazole rings is 1. The van der Waals surface area contributed by atoms with Crippen molar-refractivity contribution in [1.82, 2.24) is 14.5 Å². The van der Waals surface area contributed by atoms with Crippen LogP contribution in [0.5, 0.6) is 0 Å². The van der Waals surface area contributed by atoms with E-state index in [2.05, 4.69) is 15.3 Å². The van der Waals surface area contributed by atoms with Crippen LogP contribution in [0.2, 0.25) is 5.15 Å². The van der Waals surface area contributed by atoms with Gasteiger partial charge in [0.15, 0.2) is 5.65 Å². The lowest BCUT2D eigenvalue weighted by Crippen LogP contribution is -2.31. The number of pyridine rings is 1. The minimum Gasteiger partial charge on any atom is -0.385 e. The van der Waals surface area contributed by atoms with Crippen LogP contribution in [-0.2, 0) is 15.9 Å². The van der Waals surface area contributed by atoms with Crippen LogP contribution in [0.15, 0.2) is 42.5 Å². The molecule has 0 fully saturated rings. The van der Waals surface area contributed by atoms with Crippen molar-refractivity contribution in [3.05, 3.63) is 53.2 Å². The van der Waals surface area contributed by atoms with Crippen molar-refractivity contribution in [1.29, 1.82) is 0 Å². The molecule has 0 radical (unpaired) electrons. The Morgan fingerprint density at radius 2 is 1.78 bits per heavy atom. The van der Waals surface area contributed by atoms with Crippen molar-refractivity contribution in [3.63, 3.8) is 0 Å². The van der Waals surface area contributed by atoms with E-state index in [0.717, 1.165) is 0 Å². The van der Waals surface area contributed by atoms with Crippen molar-refractivity contribution in [2.24, 2.45) is 0 Å². The maximum absolute atomic E-state index is 12.7. The molecular weight excluding hydrogens is 364 g/mol. The maximum atomic E-state index is 12.7. The Morgan fingerprint density at radius 1 is 1.11 bits per heavy atom. The third-order valence-electron chi connectivity index (χ3n) is 4.29. The molecule has 0 saturated heterocycles. The van der Waals surface area contributed by atoms with Crippen molar-refractivity contribution >= 4 is 34.6 Å². The molecule has 0 aliphatic carbocycles. The number of aliphatic hydroxyl groups is 1. The molecule has 0 aliphatic rings. The summed E-state index contributed by atoms with van der Waals surface area (Å²) in [6, 6.07) is 12.5. The minimum absolute atomic E-state index is 0.0987. The van der Waals surface area contributed by atoms with Gasteiger partial charge in [-0.3, -0.25) is 14.7 Å². The number of nitrogens with zero attached hydrogens (tertiary/aromatic N) is 3. The number of amides is 1. The summed E-state index contributed by atoms with van der Waals surface area (Å²) in [5, 5.41) is 13.9. The summed E-state index contributed by atoms with van der Waals surface area (Å²) in [5.41, 5.74) is 0.250. The quantitative estimate of drug-likeness (QED) is 0.662. The largest absolute Gasteiger partial charge is 0.385 e. The average molecular weight is 387 g/mol. The Hall–Kier alpha value is -2.44. The van der Waals surface area contributed by atoms with Crippen LogP contribution in [0.25, 0.3) is 11.2 Å². The van der Waals surface area contributed by atoms with Crippen LogP contribution in [-0.4, -0.2) is 25.5 Å². The molecule has 0 bridgehead atoms. The molecule has 1 amide bonds. The Bertz CT molecular complexity index is 975. The number of nitrogens with one attached hydrogen (secondary N) is 1. The van der Waals surface area contributed by atoms with E-state index < -0.39 is 5.60 Å². The zero-order valence-electron chi connectivity index (χ0n) is 15.8. The predicted octanol–water partition coefficient (Wildman–Crippen LogP) is 4.08. The molecule has 3 aromatic rings. The van der Waals surface area contributed by atoms with Gasteiger partial charge in [-0.2, -0.15) is 0 Å². The number of carbonyl (C=O) groups is 1. The van der Waals surface area contributed by atoms with E-state index in [-0.39, 0.29) is 17.9 Å². The minimum atomic E-state index is -1.29. The van der Waals surface area contributed by atoms with Gasteiger partial charge in [-0.05, 0) is 45.4 Å². The second-order valence-electron chi connectivity index (χ2n) is 7.78. The zero-order chi connectivity index (χ0) is 19.8. The first kappa shape index (κ1) is 19.3. The second-order valence-corrected chi connectivity index (χ2v) is 8.17. The monoisotopic (exact) mass is 386 g/mol. The summed E-state index contributed by atoms with van der Waals surface area (Å²) in [5.74, 6) is 0.0388. The van der Waals surface area contributed by atoms with Crippen LogP contribution in [0, 0.1) is 0 Å². The van der Waals surface area contributed by atoms with Gasteiger partial charge in [-0.15, -0.1) is 0 Å². The SMILES string of the molecule is CC(C)(C)n1c(NC(=O)C[C@](C)(O)c2ccccc2)nc2ccc(Cl)nc21. The molecule has 7 heteroatoms. The zero-order valence-corrected chi connectivity index (χ0v) is 16.6. The number of carbonyl (C=O) groups excluding carboxylic acids is 1. The lowest BCUT2D eigenvalue weighted by Gasteiger charge is -2.25. The third-order valence-corrected chi connectivity index (χ3v) is 4.50. The number of hydrogen-bond acceptors (Lipinski definition) is 4. The molecule has 0 unspecified atom stereocenters. The van der Waals surface area contributed by atoms with E-state index in [1.807, 2.05) is 43.5 Å². The fraction of sp³-hybridized carbons (Fsp3) is 0.350. The summed E-state index contributed by atoms with van der Waals surface area (Å²) < 4.78 is 1.84. The summed E-state index contributed by atoms with van der Waals surface area (Å²) in [7, 11) is 0. The van der Waals surface area contributed by atoms with Crippen LogP contribution < -0.4 is 5.32 Å². The second kappa shape index (κ2) is 6.94. The van der Waals surface area contributed by atoms with Crippen LogP contribution >= 0.6 is 11.6 Å². The van der Waals surface area contributed by atoms with Gasteiger partial charge < -0.3 is 5.11 Å². The van der Waals surface area contributed by atoms with Gasteiger partial charge in [0.1, 0.15) is 10.7 Å². The number of rotatable bonds is 4. The number of halogens is 1. The molecule has 6 nitrogen and oxygen atoms in total. The topological polar surface area (TPSA) is 80.0 Å². The molecule has 1 atom stereocenters. The van der Waals surface area contributed by atoms with E-state index in [1.54, 1.807) is 31.2 Å². The van der Waals surface area contributed by atoms with E-state index in [9.17, 15) is 9.90 Å². The van der Waals surface area contributed by atoms with E-state index in [1.165, 1.54) is 0 Å². The summed E-state index contributed by atoms with van der Waals surface area (Å²) in [4.78, 5) is 21.5. The molecule has 1 aromatic carbocycles. The summed E-state index contributed by atoms with van der Waals surface area (Å²) >= 11 is 6.04. The molecule has 0 aliphatic heterocycles. The van der Waals surface area contributed by atoms with Crippen LogP contribution in [0.1, 0.15) is 39.7 Å². The molecule has 2 aromatic heterocycles. The normalized spacial score (nSPS) is 14.1. The lowest BCUT2D eigenvalue weighted by atomic mass is 9.92. The number of aromatic nitrogens is 3. The Balaban J connectivity index is 1.91. The smallest absolute Gasteiger partial charge is 0.229 e. The van der Waals surface area contributed by atoms with E-state index in [4.69, 9.17) is 11.6 Å². The van der Waals surface area contributed by atoms with E-state index >= 15 is 0 Å². The van der Waals surface area contributed by atoms with Gasteiger partial charge in [0, 0.05) is 5.54 Å². The van der Waals surface area contributed by atoms with Crippen LogP contribution in [0.4, 0.5) is 5.95 Å². The van der Waals surface area contributed by atoms with Crippen LogP contribution in [0.3, 0.4) is 0 Å². The number of hydrogen-bond donors (Lipinski definition) is 2. The Labute approximate surface area is 163 Å². The van der Waals surface area contributed by atoms with Gasteiger partial charge in [0.05, 0.1) is 12.0 Å². The fourth-order valence-corrected chi connectivity index (χ4v) is 3.18. The maximum Gasteiger partial charge on any atom is 0.229 e. The first-order valence-corrected chi connectivity index (χ1v) is 9.09. The van der Waals surface area contributed by atoms with Crippen molar-refractivity contribution < 1.29 is 9.90 Å². The molecule has 142 valence electrons.